The summed E-state index contributed by atoms with van der Waals surface area (Å²) < 4.78 is 0. The predicted octanol–water partition coefficient (Wildman–Crippen LogP) is 2.93. The molecule has 2 saturated heterocycles. The number of rotatable bonds is 8. The molecule has 2 unspecified atom stereocenters. The summed E-state index contributed by atoms with van der Waals surface area (Å²) in [5.41, 5.74) is 0. The molecule has 3 atom stereocenters. The first-order chi connectivity index (χ1) is 9.20. The van der Waals surface area contributed by atoms with Crippen LogP contribution in [0.5, 0.6) is 0 Å². The first-order valence-electron chi connectivity index (χ1n) is 7.63. The van der Waals surface area contributed by atoms with Crippen LogP contribution < -0.4 is 5.32 Å². The molecule has 0 bridgehead atoms. The molecule has 0 aromatic rings. The van der Waals surface area contributed by atoms with Crippen LogP contribution in [0.3, 0.4) is 0 Å². The number of ketones is 1. The summed E-state index contributed by atoms with van der Waals surface area (Å²) in [6.45, 7) is 2.12. The van der Waals surface area contributed by atoms with Gasteiger partial charge in [0.2, 0.25) is 5.91 Å². The molecule has 19 heavy (non-hydrogen) atoms. The largest absolute Gasteiger partial charge is 0.352 e. The van der Waals surface area contributed by atoms with Gasteiger partial charge in [-0.15, -0.1) is 0 Å². The Balaban J connectivity index is 1.59. The topological polar surface area (TPSA) is 46.2 Å². The number of unbranched alkanes of at least 4 members (excludes halogenated alkanes) is 2. The lowest BCUT2D eigenvalue weighted by Crippen LogP contribution is -2.34. The molecule has 0 radical (unpaired) electrons. The Bertz CT molecular complexity index is 332. The first-order valence-corrected chi connectivity index (χ1v) is 8.68. The van der Waals surface area contributed by atoms with E-state index in [1.807, 2.05) is 11.8 Å². The van der Waals surface area contributed by atoms with E-state index in [2.05, 4.69) is 12.2 Å². The van der Waals surface area contributed by atoms with Gasteiger partial charge in [0.1, 0.15) is 5.78 Å². The Hall–Kier alpha value is -0.510. The fraction of sp³-hybridized carbons (Fsp3) is 0.867. The second-order valence-electron chi connectivity index (χ2n) is 5.82. The first kappa shape index (κ1) is 14.9. The standard InChI is InChI=1S/C15H25NO2S/c1-2-3-6-12(17)7-4-5-8-13-15-11(10-19-13)9-14(18)16-15/h11,13,15H,2-10H2,1H3,(H,16,18)/t11?,13-,15?/m0/s1. The van der Waals surface area contributed by atoms with Crippen molar-refractivity contribution in [1.29, 1.82) is 0 Å². The Morgan fingerprint density at radius 3 is 2.89 bits per heavy atom. The zero-order chi connectivity index (χ0) is 13.7. The van der Waals surface area contributed by atoms with Gasteiger partial charge in [-0.2, -0.15) is 11.8 Å². The summed E-state index contributed by atoms with van der Waals surface area (Å²) in [6.07, 6.45) is 7.66. The maximum Gasteiger partial charge on any atom is 0.220 e. The summed E-state index contributed by atoms with van der Waals surface area (Å²) >= 11 is 2.01. The fourth-order valence-corrected chi connectivity index (χ4v) is 4.72. The molecule has 2 aliphatic heterocycles. The Morgan fingerprint density at radius 2 is 2.11 bits per heavy atom. The van der Waals surface area contributed by atoms with Gasteiger partial charge >= 0.3 is 0 Å². The number of hydrogen-bond acceptors (Lipinski definition) is 3. The van der Waals surface area contributed by atoms with Crippen molar-refractivity contribution in [2.24, 2.45) is 5.92 Å². The quantitative estimate of drug-likeness (QED) is 0.697. The van der Waals surface area contributed by atoms with E-state index in [1.54, 1.807) is 0 Å². The summed E-state index contributed by atoms with van der Waals surface area (Å²) in [5.74, 6) is 2.35. The second kappa shape index (κ2) is 7.32. The maximum atomic E-state index is 11.6. The number of carbonyl (C=O) groups excluding carboxylic acids is 2. The Morgan fingerprint density at radius 1 is 1.32 bits per heavy atom. The fourth-order valence-electron chi connectivity index (χ4n) is 3.07. The van der Waals surface area contributed by atoms with Crippen molar-refractivity contribution < 1.29 is 9.59 Å². The molecule has 0 aromatic heterocycles. The van der Waals surface area contributed by atoms with Crippen molar-refractivity contribution in [1.82, 2.24) is 5.32 Å². The number of nitrogens with one attached hydrogen (secondary N) is 1. The molecule has 2 heterocycles. The molecule has 4 heteroatoms. The second-order valence-corrected chi connectivity index (χ2v) is 7.09. The average molecular weight is 283 g/mol. The highest BCUT2D eigenvalue weighted by Crippen LogP contribution is 2.39. The summed E-state index contributed by atoms with van der Waals surface area (Å²) in [6, 6.07) is 0.410. The minimum absolute atomic E-state index is 0.232. The summed E-state index contributed by atoms with van der Waals surface area (Å²) in [7, 11) is 0. The van der Waals surface area contributed by atoms with Crippen molar-refractivity contribution in [2.75, 3.05) is 5.75 Å². The van der Waals surface area contributed by atoms with Crippen molar-refractivity contribution in [3.8, 4) is 0 Å². The highest BCUT2D eigenvalue weighted by atomic mass is 32.2. The van der Waals surface area contributed by atoms with Crippen molar-refractivity contribution >= 4 is 23.5 Å². The lowest BCUT2D eigenvalue weighted by molar-refractivity contribution is -0.120. The third-order valence-corrected chi connectivity index (χ3v) is 5.79. The molecule has 1 N–H and O–H groups in total. The number of carbonyl (C=O) groups is 2. The molecule has 0 aromatic carbocycles. The molecule has 1 amide bonds. The zero-order valence-corrected chi connectivity index (χ0v) is 12.6. The monoisotopic (exact) mass is 283 g/mol. The summed E-state index contributed by atoms with van der Waals surface area (Å²) in [5, 5.41) is 3.70. The summed E-state index contributed by atoms with van der Waals surface area (Å²) in [4.78, 5) is 22.9. The van der Waals surface area contributed by atoms with Crippen LogP contribution in [0.4, 0.5) is 0 Å². The number of thioether (sulfide) groups is 1. The van der Waals surface area contributed by atoms with Crippen LogP contribution in [0.2, 0.25) is 0 Å². The van der Waals surface area contributed by atoms with Gasteiger partial charge in [0.25, 0.3) is 0 Å². The zero-order valence-electron chi connectivity index (χ0n) is 11.8. The van der Waals surface area contributed by atoms with Gasteiger partial charge in [0.15, 0.2) is 0 Å². The number of Topliss-reactive ketones (excluding diaryl/α,β-unsaturated/α-hetero) is 1. The van der Waals surface area contributed by atoms with Crippen LogP contribution in [0.15, 0.2) is 0 Å². The van der Waals surface area contributed by atoms with Gasteiger partial charge in [-0.25, -0.2) is 0 Å². The van der Waals surface area contributed by atoms with Crippen molar-refractivity contribution in [3.63, 3.8) is 0 Å². The van der Waals surface area contributed by atoms with Crippen LogP contribution in [0.1, 0.15) is 58.3 Å². The number of fused-ring (bicyclic) bond motifs is 1. The van der Waals surface area contributed by atoms with Crippen LogP contribution in [-0.4, -0.2) is 28.7 Å². The van der Waals surface area contributed by atoms with Crippen molar-refractivity contribution in [2.45, 2.75) is 69.6 Å². The van der Waals surface area contributed by atoms with Crippen LogP contribution in [-0.2, 0) is 9.59 Å². The van der Waals surface area contributed by atoms with Gasteiger partial charge in [-0.05, 0) is 30.9 Å². The van der Waals surface area contributed by atoms with Crippen LogP contribution in [0.25, 0.3) is 0 Å². The molecule has 2 aliphatic rings. The van der Waals surface area contributed by atoms with E-state index in [-0.39, 0.29) is 5.91 Å². The van der Waals surface area contributed by atoms with Crippen LogP contribution >= 0.6 is 11.8 Å². The smallest absolute Gasteiger partial charge is 0.220 e. The van der Waals surface area contributed by atoms with E-state index in [0.29, 0.717) is 23.0 Å². The molecule has 0 spiro atoms. The van der Waals surface area contributed by atoms with Gasteiger partial charge in [0, 0.05) is 30.6 Å². The normalized spacial score (nSPS) is 29.3. The molecule has 108 valence electrons. The van der Waals surface area contributed by atoms with E-state index in [4.69, 9.17) is 0 Å². The third kappa shape index (κ3) is 4.23. The maximum absolute atomic E-state index is 11.6. The number of hydrogen-bond donors (Lipinski definition) is 1. The van der Waals surface area contributed by atoms with E-state index in [0.717, 1.165) is 57.1 Å². The minimum atomic E-state index is 0.232. The minimum Gasteiger partial charge on any atom is -0.352 e. The molecule has 0 aliphatic carbocycles. The van der Waals surface area contributed by atoms with Crippen molar-refractivity contribution in [3.05, 3.63) is 0 Å². The van der Waals surface area contributed by atoms with E-state index >= 15 is 0 Å². The molecular weight excluding hydrogens is 258 g/mol. The number of amides is 1. The molecule has 3 nitrogen and oxygen atoms in total. The van der Waals surface area contributed by atoms with Gasteiger partial charge in [0.05, 0.1) is 0 Å². The highest BCUT2D eigenvalue weighted by molar-refractivity contribution is 8.00. The van der Waals surface area contributed by atoms with Gasteiger partial charge in [-0.1, -0.05) is 19.8 Å². The highest BCUT2D eigenvalue weighted by Gasteiger charge is 2.42. The van der Waals surface area contributed by atoms with E-state index in [1.165, 1.54) is 0 Å². The van der Waals surface area contributed by atoms with Crippen LogP contribution in [0, 0.1) is 5.92 Å². The third-order valence-electron chi connectivity index (χ3n) is 4.21. The lowest BCUT2D eigenvalue weighted by atomic mass is 9.97. The SMILES string of the molecule is CCCCC(=O)CCCC[C@@H]1SCC2CC(=O)NC21. The van der Waals surface area contributed by atoms with Gasteiger partial charge < -0.3 is 5.32 Å². The molecule has 2 rings (SSSR count). The predicted molar refractivity (Wildman–Crippen MR) is 79.3 cm³/mol. The van der Waals surface area contributed by atoms with E-state index in [9.17, 15) is 9.59 Å². The molecular formula is C15H25NO2S. The van der Waals surface area contributed by atoms with E-state index < -0.39 is 0 Å². The van der Waals surface area contributed by atoms with Gasteiger partial charge in [-0.3, -0.25) is 9.59 Å². The lowest BCUT2D eigenvalue weighted by Gasteiger charge is -2.17. The molecule has 0 saturated carbocycles. The Kier molecular flexibility index (Phi) is 5.74. The average Bonchev–Trinajstić information content (AvgIpc) is 2.92. The molecule has 2 fully saturated rings. The Labute approximate surface area is 120 Å².